The third-order valence-corrected chi connectivity index (χ3v) is 8.77. The highest BCUT2D eigenvalue weighted by Gasteiger charge is 2.68. The third-order valence-electron chi connectivity index (χ3n) is 8.77. The first-order valence-corrected chi connectivity index (χ1v) is 14.0. The van der Waals surface area contributed by atoms with Crippen molar-refractivity contribution >= 4 is 23.7 Å². The normalized spacial score (nSPS) is 28.6. The Labute approximate surface area is 238 Å². The van der Waals surface area contributed by atoms with Crippen LogP contribution in [-0.2, 0) is 25.4 Å². The average molecular weight is 606 g/mol. The number of carbonyl (C=O) groups is 4. The second-order valence-corrected chi connectivity index (χ2v) is 11.3. The zero-order chi connectivity index (χ0) is 31.0. The Morgan fingerprint density at radius 3 is 2.10 bits per heavy atom. The topological polar surface area (TPSA) is 107 Å². The van der Waals surface area contributed by atoms with Crippen LogP contribution in [0.5, 0.6) is 0 Å². The van der Waals surface area contributed by atoms with Gasteiger partial charge in [0.15, 0.2) is 0 Å². The van der Waals surface area contributed by atoms with Crippen LogP contribution in [0.25, 0.3) is 0 Å². The lowest BCUT2D eigenvalue weighted by molar-refractivity contribution is -0.192. The van der Waals surface area contributed by atoms with Crippen LogP contribution in [0.1, 0.15) is 69.0 Å². The van der Waals surface area contributed by atoms with Crippen molar-refractivity contribution in [1.82, 2.24) is 15.1 Å². The van der Waals surface area contributed by atoms with E-state index in [1.807, 2.05) is 4.90 Å². The molecule has 4 aliphatic rings. The minimum Gasteiger partial charge on any atom is -0.475 e. The molecule has 8 nitrogen and oxygen atoms in total. The fraction of sp³-hybridized carbons (Fsp3) is 0.643. The number of carbonyl (C=O) groups excluding carboxylic acids is 3. The number of alkyl halides is 6. The molecule has 1 aliphatic carbocycles. The predicted octanol–water partition coefficient (Wildman–Crippen LogP) is 4.55. The number of piperidine rings is 1. The summed E-state index contributed by atoms with van der Waals surface area (Å²) in [5.74, 6) is -4.81. The lowest BCUT2D eigenvalue weighted by atomic mass is 9.74. The second kappa shape index (κ2) is 11.8. The number of hydrogen-bond acceptors (Lipinski definition) is 5. The highest BCUT2D eigenvalue weighted by molar-refractivity contribution is 6.10. The highest BCUT2D eigenvalue weighted by atomic mass is 19.4. The number of halogens is 6. The van der Waals surface area contributed by atoms with Gasteiger partial charge in [-0.25, -0.2) is 4.79 Å². The van der Waals surface area contributed by atoms with Crippen LogP contribution in [0.15, 0.2) is 24.3 Å². The van der Waals surface area contributed by atoms with E-state index in [0.29, 0.717) is 37.4 Å². The number of nitrogens with one attached hydrogen (secondary N) is 1. The number of nitrogens with zero attached hydrogens (tertiary/aromatic N) is 2. The second-order valence-electron chi connectivity index (χ2n) is 11.3. The maximum absolute atomic E-state index is 14.0. The minimum absolute atomic E-state index is 0.141. The lowest BCUT2D eigenvalue weighted by Crippen LogP contribution is -2.64. The molecule has 1 saturated carbocycles. The molecule has 4 fully saturated rings. The number of carboxylic acid groups (broad SMARTS) is 1. The van der Waals surface area contributed by atoms with Crippen LogP contribution >= 0.6 is 0 Å². The van der Waals surface area contributed by atoms with Crippen molar-refractivity contribution in [3.8, 4) is 0 Å². The first-order valence-electron chi connectivity index (χ1n) is 14.0. The molecule has 0 radical (unpaired) electrons. The molecule has 2 N–H and O–H groups in total. The molecule has 0 aromatic heterocycles. The first-order chi connectivity index (χ1) is 19.6. The van der Waals surface area contributed by atoms with E-state index in [9.17, 15) is 40.7 Å². The molecule has 232 valence electrons. The Hall–Kier alpha value is -3.16. The number of imide groups is 1. The summed E-state index contributed by atoms with van der Waals surface area (Å²) in [5.41, 5.74) is -1.50. The van der Waals surface area contributed by atoms with Crippen molar-refractivity contribution in [3.05, 3.63) is 35.4 Å². The van der Waals surface area contributed by atoms with Crippen LogP contribution in [0, 0.1) is 17.8 Å². The zero-order valence-corrected chi connectivity index (χ0v) is 22.9. The van der Waals surface area contributed by atoms with Crippen molar-refractivity contribution in [2.75, 3.05) is 19.6 Å². The SMILES string of the molecule is CCN1C(=O)[C@H]2[C@@H](c3ccc(C(F)(F)F)cc3)N[C@]3(CCCN(CC4CCCCC4)C3=O)[C@H]2C1=O.O=C(O)C(F)(F)F. The number of benzene rings is 1. The van der Waals surface area contributed by atoms with E-state index < -0.39 is 47.3 Å². The number of rotatable bonds is 4. The zero-order valence-electron chi connectivity index (χ0n) is 22.9. The summed E-state index contributed by atoms with van der Waals surface area (Å²) in [6.07, 6.45) is -2.69. The smallest absolute Gasteiger partial charge is 0.475 e. The molecular weight excluding hydrogens is 572 g/mol. The fourth-order valence-corrected chi connectivity index (χ4v) is 6.86. The molecule has 3 saturated heterocycles. The molecule has 3 amide bonds. The number of carboxylic acids is 1. The fourth-order valence-electron chi connectivity index (χ4n) is 6.86. The molecule has 42 heavy (non-hydrogen) atoms. The van der Waals surface area contributed by atoms with E-state index in [4.69, 9.17) is 9.90 Å². The van der Waals surface area contributed by atoms with Gasteiger partial charge in [-0.15, -0.1) is 0 Å². The van der Waals surface area contributed by atoms with E-state index in [0.717, 1.165) is 37.8 Å². The Balaban J connectivity index is 0.000000517. The van der Waals surface area contributed by atoms with Gasteiger partial charge in [-0.3, -0.25) is 24.6 Å². The Bertz CT molecular complexity index is 1200. The van der Waals surface area contributed by atoms with Crippen molar-refractivity contribution in [1.29, 1.82) is 0 Å². The Kier molecular flexibility index (Phi) is 8.96. The van der Waals surface area contributed by atoms with Gasteiger partial charge >= 0.3 is 18.3 Å². The van der Waals surface area contributed by atoms with E-state index >= 15 is 0 Å². The number of fused-ring (bicyclic) bond motifs is 2. The summed E-state index contributed by atoms with van der Waals surface area (Å²) in [6.45, 7) is 3.22. The van der Waals surface area contributed by atoms with Gasteiger partial charge in [-0.2, -0.15) is 26.3 Å². The van der Waals surface area contributed by atoms with Crippen LogP contribution in [-0.4, -0.2) is 69.9 Å². The van der Waals surface area contributed by atoms with Crippen molar-refractivity contribution < 1.29 is 50.6 Å². The summed E-state index contributed by atoms with van der Waals surface area (Å²) in [4.78, 5) is 52.8. The van der Waals surface area contributed by atoms with E-state index in [1.54, 1.807) is 6.92 Å². The largest absolute Gasteiger partial charge is 0.490 e. The van der Waals surface area contributed by atoms with Gasteiger partial charge in [0.05, 0.1) is 17.4 Å². The number of hydrogen-bond donors (Lipinski definition) is 2. The summed E-state index contributed by atoms with van der Waals surface area (Å²) in [6, 6.07) is 4.00. The molecule has 4 atom stereocenters. The number of amides is 3. The van der Waals surface area contributed by atoms with Gasteiger partial charge in [0.1, 0.15) is 5.54 Å². The summed E-state index contributed by atoms with van der Waals surface area (Å²) in [7, 11) is 0. The molecule has 14 heteroatoms. The Morgan fingerprint density at radius 2 is 1.57 bits per heavy atom. The first kappa shape index (κ1) is 31.8. The summed E-state index contributed by atoms with van der Waals surface area (Å²) in [5, 5.41) is 10.5. The maximum atomic E-state index is 14.0. The monoisotopic (exact) mass is 605 g/mol. The summed E-state index contributed by atoms with van der Waals surface area (Å²) < 4.78 is 71.1. The molecule has 1 aromatic rings. The highest BCUT2D eigenvalue weighted by Crippen LogP contribution is 2.52. The molecule has 3 heterocycles. The molecule has 0 bridgehead atoms. The maximum Gasteiger partial charge on any atom is 0.490 e. The van der Waals surface area contributed by atoms with Crippen LogP contribution < -0.4 is 5.32 Å². The Morgan fingerprint density at radius 1 is 0.976 bits per heavy atom. The van der Waals surface area contributed by atoms with E-state index in [1.165, 1.54) is 23.5 Å². The van der Waals surface area contributed by atoms with Gasteiger partial charge < -0.3 is 10.0 Å². The summed E-state index contributed by atoms with van der Waals surface area (Å²) >= 11 is 0. The average Bonchev–Trinajstić information content (AvgIpc) is 3.40. The minimum atomic E-state index is -5.08. The molecule has 0 unspecified atom stereocenters. The quantitative estimate of drug-likeness (QED) is 0.386. The lowest BCUT2D eigenvalue weighted by Gasteiger charge is -2.43. The molecule has 1 spiro atoms. The van der Waals surface area contributed by atoms with Crippen LogP contribution in [0.4, 0.5) is 26.3 Å². The van der Waals surface area contributed by atoms with Crippen molar-refractivity contribution in [2.45, 2.75) is 75.8 Å². The van der Waals surface area contributed by atoms with Gasteiger partial charge in [-0.1, -0.05) is 31.4 Å². The van der Waals surface area contributed by atoms with E-state index in [2.05, 4.69) is 5.32 Å². The van der Waals surface area contributed by atoms with Crippen LogP contribution in [0.3, 0.4) is 0 Å². The van der Waals surface area contributed by atoms with Gasteiger partial charge in [-0.05, 0) is 56.2 Å². The number of aliphatic carboxylic acids is 1. The van der Waals surface area contributed by atoms with Gasteiger partial charge in [0.2, 0.25) is 17.7 Å². The molecule has 1 aromatic carbocycles. The van der Waals surface area contributed by atoms with Crippen molar-refractivity contribution in [3.63, 3.8) is 0 Å². The number of likely N-dealkylation sites (tertiary alicyclic amines) is 2. The van der Waals surface area contributed by atoms with Gasteiger partial charge in [0, 0.05) is 25.7 Å². The van der Waals surface area contributed by atoms with E-state index in [-0.39, 0.29) is 24.3 Å². The van der Waals surface area contributed by atoms with Crippen molar-refractivity contribution in [2.24, 2.45) is 17.8 Å². The molecule has 3 aliphatic heterocycles. The molecular formula is C28H33F6N3O5. The third kappa shape index (κ3) is 6.00. The standard InChI is InChI=1S/C26H32F3N3O3.C2HF3O2/c1-2-32-22(33)19-20(23(32)34)25(30-21(19)17-9-11-18(12-10-17)26(27,28)29)13-6-14-31(24(25)35)15-16-7-4-3-5-8-16;3-2(4,5)1(6)7/h9-12,16,19-21,30H,2-8,13-15H2,1H3;(H,6,7)/t19-,20-,21-,25-;/m1./s1. The van der Waals surface area contributed by atoms with Gasteiger partial charge in [0.25, 0.3) is 0 Å². The predicted molar refractivity (Wildman–Crippen MR) is 136 cm³/mol. The van der Waals surface area contributed by atoms with Crippen LogP contribution in [0.2, 0.25) is 0 Å². The molecule has 5 rings (SSSR count).